The van der Waals surface area contributed by atoms with Crippen molar-refractivity contribution in [1.82, 2.24) is 14.8 Å². The molecule has 0 saturated carbocycles. The molecule has 0 aliphatic rings. The Kier molecular flexibility index (Phi) is 7.65. The molecule has 5 heteroatoms. The standard InChI is InChI=1S/C29H33N3O2/c1-4-32-21-27(25-15-8-9-16-28(25)32)26(20-29(33)30-17-18-31(2)3)22-11-10-14-24(19-22)34-23-12-6-5-7-13-23/h5-16,19,21,26H,4,17-18,20H2,1-3H3,(H,30,33). The van der Waals surface area contributed by atoms with Crippen molar-refractivity contribution >= 4 is 16.8 Å². The summed E-state index contributed by atoms with van der Waals surface area (Å²) < 4.78 is 8.36. The Labute approximate surface area is 202 Å². The molecule has 0 bridgehead atoms. The smallest absolute Gasteiger partial charge is 0.220 e. The van der Waals surface area contributed by atoms with Gasteiger partial charge in [-0.15, -0.1) is 0 Å². The zero-order chi connectivity index (χ0) is 23.9. The molecule has 1 aromatic heterocycles. The number of likely N-dealkylation sites (N-methyl/N-ethyl adjacent to an activating group) is 1. The first-order chi connectivity index (χ1) is 16.5. The van der Waals surface area contributed by atoms with Crippen molar-refractivity contribution < 1.29 is 9.53 Å². The van der Waals surface area contributed by atoms with E-state index in [4.69, 9.17) is 4.74 Å². The van der Waals surface area contributed by atoms with Crippen molar-refractivity contribution in [1.29, 1.82) is 0 Å². The first-order valence-corrected chi connectivity index (χ1v) is 11.9. The van der Waals surface area contributed by atoms with E-state index in [0.29, 0.717) is 13.0 Å². The van der Waals surface area contributed by atoms with Crippen LogP contribution in [0.15, 0.2) is 85.1 Å². The molecule has 176 valence electrons. The van der Waals surface area contributed by atoms with Gasteiger partial charge < -0.3 is 19.5 Å². The quantitative estimate of drug-likeness (QED) is 0.336. The number of para-hydroxylation sites is 2. The molecule has 3 aromatic carbocycles. The molecular formula is C29H33N3O2. The van der Waals surface area contributed by atoms with Crippen LogP contribution in [0.4, 0.5) is 0 Å². The fourth-order valence-corrected chi connectivity index (χ4v) is 4.32. The molecule has 0 aliphatic carbocycles. The summed E-state index contributed by atoms with van der Waals surface area (Å²) in [4.78, 5) is 15.1. The fraction of sp³-hybridized carbons (Fsp3) is 0.276. The zero-order valence-electron chi connectivity index (χ0n) is 20.2. The number of aromatic nitrogens is 1. The lowest BCUT2D eigenvalue weighted by atomic mass is 9.88. The highest BCUT2D eigenvalue weighted by molar-refractivity contribution is 5.86. The average molecular weight is 456 g/mol. The molecule has 0 radical (unpaired) electrons. The summed E-state index contributed by atoms with van der Waals surface area (Å²) in [6.45, 7) is 4.46. The highest BCUT2D eigenvalue weighted by Crippen LogP contribution is 2.36. The second kappa shape index (κ2) is 11.0. The first kappa shape index (κ1) is 23.6. The van der Waals surface area contributed by atoms with Crippen LogP contribution in [-0.2, 0) is 11.3 Å². The Morgan fingerprint density at radius 2 is 1.71 bits per heavy atom. The van der Waals surface area contributed by atoms with Gasteiger partial charge in [-0.1, -0.05) is 48.5 Å². The molecule has 1 unspecified atom stereocenters. The molecule has 0 spiro atoms. The van der Waals surface area contributed by atoms with Crippen LogP contribution in [0.25, 0.3) is 10.9 Å². The molecule has 1 amide bonds. The number of carbonyl (C=O) groups excluding carboxylic acids is 1. The maximum Gasteiger partial charge on any atom is 0.220 e. The minimum atomic E-state index is -0.0867. The van der Waals surface area contributed by atoms with E-state index in [-0.39, 0.29) is 11.8 Å². The van der Waals surface area contributed by atoms with Crippen LogP contribution in [0.5, 0.6) is 11.5 Å². The SMILES string of the molecule is CCn1cc(C(CC(=O)NCCN(C)C)c2cccc(Oc3ccccc3)c2)c2ccccc21. The largest absolute Gasteiger partial charge is 0.457 e. The molecule has 1 heterocycles. The number of nitrogens with zero attached hydrogens (tertiary/aromatic N) is 2. The van der Waals surface area contributed by atoms with Crippen LogP contribution in [0.1, 0.15) is 30.4 Å². The lowest BCUT2D eigenvalue weighted by molar-refractivity contribution is -0.121. The highest BCUT2D eigenvalue weighted by atomic mass is 16.5. The van der Waals surface area contributed by atoms with Gasteiger partial charge in [-0.3, -0.25) is 4.79 Å². The molecule has 4 rings (SSSR count). The topological polar surface area (TPSA) is 46.5 Å². The van der Waals surface area contributed by atoms with Crippen LogP contribution in [-0.4, -0.2) is 42.6 Å². The summed E-state index contributed by atoms with van der Waals surface area (Å²) in [7, 11) is 4.01. The van der Waals surface area contributed by atoms with Crippen LogP contribution in [0.3, 0.4) is 0 Å². The van der Waals surface area contributed by atoms with Gasteiger partial charge in [-0.25, -0.2) is 0 Å². The zero-order valence-corrected chi connectivity index (χ0v) is 20.2. The summed E-state index contributed by atoms with van der Waals surface area (Å²) in [6.07, 6.45) is 2.58. The van der Waals surface area contributed by atoms with Crippen molar-refractivity contribution in [2.75, 3.05) is 27.2 Å². The van der Waals surface area contributed by atoms with Gasteiger partial charge in [0.1, 0.15) is 11.5 Å². The Hall–Kier alpha value is -3.57. The van der Waals surface area contributed by atoms with Gasteiger partial charge in [0.05, 0.1) is 0 Å². The second-order valence-electron chi connectivity index (χ2n) is 8.79. The molecule has 1 atom stereocenters. The molecule has 0 saturated heterocycles. The molecule has 1 N–H and O–H groups in total. The normalized spacial score (nSPS) is 12.1. The number of rotatable bonds is 10. The number of carbonyl (C=O) groups is 1. The van der Waals surface area contributed by atoms with Crippen molar-refractivity contribution in [2.24, 2.45) is 0 Å². The summed E-state index contributed by atoms with van der Waals surface area (Å²) in [6, 6.07) is 26.3. The molecule has 5 nitrogen and oxygen atoms in total. The van der Waals surface area contributed by atoms with Gasteiger partial charge in [0, 0.05) is 49.1 Å². The van der Waals surface area contributed by atoms with Crippen LogP contribution >= 0.6 is 0 Å². The number of fused-ring (bicyclic) bond motifs is 1. The van der Waals surface area contributed by atoms with Crippen molar-refractivity contribution in [2.45, 2.75) is 25.8 Å². The van der Waals surface area contributed by atoms with Crippen molar-refractivity contribution in [3.63, 3.8) is 0 Å². The van der Waals surface area contributed by atoms with E-state index in [1.165, 1.54) is 10.9 Å². The summed E-state index contributed by atoms with van der Waals surface area (Å²) in [5, 5.41) is 4.27. The molecule has 0 fully saturated rings. The number of hydrogen-bond acceptors (Lipinski definition) is 3. The van der Waals surface area contributed by atoms with E-state index in [9.17, 15) is 4.79 Å². The number of nitrogens with one attached hydrogen (secondary N) is 1. The fourth-order valence-electron chi connectivity index (χ4n) is 4.32. The van der Waals surface area contributed by atoms with Crippen LogP contribution in [0, 0.1) is 0 Å². The number of ether oxygens (including phenoxy) is 1. The van der Waals surface area contributed by atoms with Crippen molar-refractivity contribution in [3.05, 3.63) is 96.2 Å². The summed E-state index contributed by atoms with van der Waals surface area (Å²) in [5.74, 6) is 1.52. The Bertz CT molecular complexity index is 1230. The minimum Gasteiger partial charge on any atom is -0.457 e. The summed E-state index contributed by atoms with van der Waals surface area (Å²) >= 11 is 0. The van der Waals surface area contributed by atoms with E-state index in [0.717, 1.165) is 35.7 Å². The Morgan fingerprint density at radius 3 is 2.47 bits per heavy atom. The van der Waals surface area contributed by atoms with Gasteiger partial charge in [-0.2, -0.15) is 0 Å². The lowest BCUT2D eigenvalue weighted by Crippen LogP contribution is -2.32. The van der Waals surface area contributed by atoms with Gasteiger partial charge in [0.25, 0.3) is 0 Å². The maximum atomic E-state index is 13.0. The predicted molar refractivity (Wildman–Crippen MR) is 139 cm³/mol. The first-order valence-electron chi connectivity index (χ1n) is 11.9. The van der Waals surface area contributed by atoms with Gasteiger partial charge in [0.15, 0.2) is 0 Å². The molecule has 34 heavy (non-hydrogen) atoms. The van der Waals surface area contributed by atoms with E-state index in [2.05, 4.69) is 64.3 Å². The third-order valence-corrected chi connectivity index (χ3v) is 6.05. The number of benzene rings is 3. The molecule has 4 aromatic rings. The minimum absolute atomic E-state index is 0.0505. The van der Waals surface area contributed by atoms with E-state index in [1.54, 1.807) is 0 Å². The van der Waals surface area contributed by atoms with E-state index < -0.39 is 0 Å². The average Bonchev–Trinajstić information content (AvgIpc) is 3.22. The number of amides is 1. The number of aryl methyl sites for hydroxylation is 1. The third-order valence-electron chi connectivity index (χ3n) is 6.05. The monoisotopic (exact) mass is 455 g/mol. The van der Waals surface area contributed by atoms with E-state index >= 15 is 0 Å². The number of hydrogen-bond donors (Lipinski definition) is 1. The molecule has 0 aliphatic heterocycles. The highest BCUT2D eigenvalue weighted by Gasteiger charge is 2.23. The lowest BCUT2D eigenvalue weighted by Gasteiger charge is -2.19. The van der Waals surface area contributed by atoms with Gasteiger partial charge in [0.2, 0.25) is 5.91 Å². The van der Waals surface area contributed by atoms with Crippen molar-refractivity contribution in [3.8, 4) is 11.5 Å². The second-order valence-corrected chi connectivity index (χ2v) is 8.79. The third kappa shape index (κ3) is 5.67. The molecular weight excluding hydrogens is 422 g/mol. The Balaban J connectivity index is 1.69. The predicted octanol–water partition coefficient (Wildman–Crippen LogP) is 5.65. The Morgan fingerprint density at radius 1 is 0.971 bits per heavy atom. The maximum absolute atomic E-state index is 13.0. The van der Waals surface area contributed by atoms with E-state index in [1.807, 2.05) is 56.6 Å². The van der Waals surface area contributed by atoms with Crippen LogP contribution < -0.4 is 10.1 Å². The van der Waals surface area contributed by atoms with Gasteiger partial charge >= 0.3 is 0 Å². The van der Waals surface area contributed by atoms with Crippen LogP contribution in [0.2, 0.25) is 0 Å². The summed E-state index contributed by atoms with van der Waals surface area (Å²) in [5.41, 5.74) is 3.42. The van der Waals surface area contributed by atoms with Gasteiger partial charge in [-0.05, 0) is 62.5 Å².